The van der Waals surface area contributed by atoms with Gasteiger partial charge in [-0.05, 0) is 32.9 Å². The molecule has 9 heteroatoms. The molecule has 0 spiro atoms. The van der Waals surface area contributed by atoms with Crippen LogP contribution in [0, 0.1) is 19.8 Å². The van der Waals surface area contributed by atoms with Crippen LogP contribution in [0.15, 0.2) is 12.1 Å². The number of rotatable bonds is 6. The van der Waals surface area contributed by atoms with E-state index in [-0.39, 0.29) is 29.5 Å². The fraction of sp³-hybridized carbons (Fsp3) is 0.526. The highest BCUT2D eigenvalue weighted by Gasteiger charge is 2.40. The SMILES string of the molecule is CCNC(=O)c1ccc(NC[C@@H]2CC(=O)N(C)[C@H]2c2c(C)nn(C)c2C)nn1. The number of aryl methyl sites for hydroxylation is 2. The van der Waals surface area contributed by atoms with Crippen molar-refractivity contribution in [3.05, 3.63) is 34.8 Å². The number of carbonyl (C=O) groups excluding carboxylic acids is 2. The van der Waals surface area contributed by atoms with Gasteiger partial charge in [-0.3, -0.25) is 14.3 Å². The summed E-state index contributed by atoms with van der Waals surface area (Å²) in [7, 11) is 3.77. The molecule has 3 heterocycles. The Kier molecular flexibility index (Phi) is 5.62. The third kappa shape index (κ3) is 3.69. The minimum Gasteiger partial charge on any atom is -0.368 e. The lowest BCUT2D eigenvalue weighted by molar-refractivity contribution is -0.127. The predicted molar refractivity (Wildman–Crippen MR) is 105 cm³/mol. The molecule has 1 saturated heterocycles. The number of aromatic nitrogens is 4. The molecule has 150 valence electrons. The Bertz CT molecular complexity index is 875. The average Bonchev–Trinajstić information content (AvgIpc) is 3.08. The van der Waals surface area contributed by atoms with Gasteiger partial charge in [0.25, 0.3) is 5.91 Å². The van der Waals surface area contributed by atoms with Crippen LogP contribution in [0.25, 0.3) is 0 Å². The molecule has 1 aliphatic rings. The van der Waals surface area contributed by atoms with Gasteiger partial charge in [-0.15, -0.1) is 10.2 Å². The lowest BCUT2D eigenvalue weighted by Crippen LogP contribution is -2.28. The quantitative estimate of drug-likeness (QED) is 0.774. The van der Waals surface area contributed by atoms with Crippen LogP contribution in [-0.4, -0.2) is 56.8 Å². The average molecular weight is 385 g/mol. The van der Waals surface area contributed by atoms with Gasteiger partial charge in [0.15, 0.2) is 5.69 Å². The summed E-state index contributed by atoms with van der Waals surface area (Å²) in [5.74, 6) is 0.543. The molecule has 2 amide bonds. The Labute approximate surface area is 164 Å². The summed E-state index contributed by atoms with van der Waals surface area (Å²) in [6.45, 7) is 6.97. The number of hydrogen-bond donors (Lipinski definition) is 2. The monoisotopic (exact) mass is 385 g/mol. The summed E-state index contributed by atoms with van der Waals surface area (Å²) in [6, 6.07) is 3.34. The molecular weight excluding hydrogens is 358 g/mol. The number of carbonyl (C=O) groups is 2. The van der Waals surface area contributed by atoms with Gasteiger partial charge in [-0.2, -0.15) is 5.10 Å². The minimum atomic E-state index is -0.243. The van der Waals surface area contributed by atoms with Crippen molar-refractivity contribution >= 4 is 17.6 Å². The summed E-state index contributed by atoms with van der Waals surface area (Å²) in [6.07, 6.45) is 0.465. The zero-order valence-corrected chi connectivity index (χ0v) is 17.0. The van der Waals surface area contributed by atoms with Crippen LogP contribution in [0.4, 0.5) is 5.82 Å². The molecule has 28 heavy (non-hydrogen) atoms. The molecular formula is C19H27N7O2. The standard InChI is InChI=1S/C19H27N7O2/c1-6-20-19(28)14-7-8-15(23-22-14)21-10-13-9-16(27)25(4)18(13)17-11(2)24-26(5)12(17)3/h7-8,13,18H,6,9-10H2,1-5H3,(H,20,28)(H,21,23)/t13-,18+/m0/s1. The molecule has 2 atom stereocenters. The molecule has 2 aromatic rings. The zero-order valence-electron chi connectivity index (χ0n) is 17.0. The van der Waals surface area contributed by atoms with Gasteiger partial charge < -0.3 is 15.5 Å². The Hall–Kier alpha value is -2.97. The van der Waals surface area contributed by atoms with Crippen molar-refractivity contribution in [2.75, 3.05) is 25.5 Å². The molecule has 0 bridgehead atoms. The van der Waals surface area contributed by atoms with E-state index >= 15 is 0 Å². The molecule has 2 N–H and O–H groups in total. The molecule has 0 saturated carbocycles. The lowest BCUT2D eigenvalue weighted by atomic mass is 9.92. The number of nitrogens with one attached hydrogen (secondary N) is 2. The van der Waals surface area contributed by atoms with Gasteiger partial charge >= 0.3 is 0 Å². The second kappa shape index (κ2) is 7.95. The number of amides is 2. The molecule has 0 unspecified atom stereocenters. The van der Waals surface area contributed by atoms with E-state index in [1.165, 1.54) is 0 Å². The maximum Gasteiger partial charge on any atom is 0.271 e. The van der Waals surface area contributed by atoms with Crippen molar-refractivity contribution in [3.63, 3.8) is 0 Å². The van der Waals surface area contributed by atoms with E-state index in [1.807, 2.05) is 44.4 Å². The number of nitrogens with zero attached hydrogens (tertiary/aromatic N) is 5. The summed E-state index contributed by atoms with van der Waals surface area (Å²) >= 11 is 0. The summed E-state index contributed by atoms with van der Waals surface area (Å²) in [4.78, 5) is 26.0. The smallest absolute Gasteiger partial charge is 0.271 e. The fourth-order valence-electron chi connectivity index (χ4n) is 3.82. The Morgan fingerprint density at radius 1 is 1.25 bits per heavy atom. The first-order valence-corrected chi connectivity index (χ1v) is 9.45. The van der Waals surface area contributed by atoms with Crippen molar-refractivity contribution < 1.29 is 9.59 Å². The van der Waals surface area contributed by atoms with E-state index in [0.29, 0.717) is 25.3 Å². The van der Waals surface area contributed by atoms with E-state index in [4.69, 9.17) is 0 Å². The van der Waals surface area contributed by atoms with Crippen LogP contribution in [0.1, 0.15) is 46.8 Å². The number of hydrogen-bond acceptors (Lipinski definition) is 6. The third-order valence-electron chi connectivity index (χ3n) is 5.33. The summed E-state index contributed by atoms with van der Waals surface area (Å²) in [5, 5.41) is 18.5. The topological polar surface area (TPSA) is 105 Å². The highest BCUT2D eigenvalue weighted by molar-refractivity contribution is 5.92. The third-order valence-corrected chi connectivity index (χ3v) is 5.33. The van der Waals surface area contributed by atoms with E-state index in [0.717, 1.165) is 17.0 Å². The molecule has 0 radical (unpaired) electrons. The second-order valence-corrected chi connectivity index (χ2v) is 7.17. The van der Waals surface area contributed by atoms with Gasteiger partial charge in [-0.25, -0.2) is 0 Å². The van der Waals surface area contributed by atoms with Crippen LogP contribution in [0.5, 0.6) is 0 Å². The Balaban J connectivity index is 1.74. The largest absolute Gasteiger partial charge is 0.368 e. The van der Waals surface area contributed by atoms with Gasteiger partial charge in [0.2, 0.25) is 5.91 Å². The normalized spacial score (nSPS) is 19.2. The Morgan fingerprint density at radius 3 is 2.57 bits per heavy atom. The molecule has 1 fully saturated rings. The van der Waals surface area contributed by atoms with Crippen molar-refractivity contribution in [3.8, 4) is 0 Å². The Morgan fingerprint density at radius 2 is 2.00 bits per heavy atom. The highest BCUT2D eigenvalue weighted by Crippen LogP contribution is 2.39. The number of likely N-dealkylation sites (tertiary alicyclic amines) is 1. The molecule has 3 rings (SSSR count). The minimum absolute atomic E-state index is 0.0312. The molecule has 1 aliphatic heterocycles. The highest BCUT2D eigenvalue weighted by atomic mass is 16.2. The van der Waals surface area contributed by atoms with Gasteiger partial charge in [0.05, 0.1) is 11.7 Å². The first-order chi connectivity index (χ1) is 13.3. The molecule has 0 aromatic carbocycles. The van der Waals surface area contributed by atoms with Crippen molar-refractivity contribution in [1.29, 1.82) is 0 Å². The van der Waals surface area contributed by atoms with E-state index in [9.17, 15) is 9.59 Å². The first-order valence-electron chi connectivity index (χ1n) is 9.45. The van der Waals surface area contributed by atoms with Crippen LogP contribution in [-0.2, 0) is 11.8 Å². The lowest BCUT2D eigenvalue weighted by Gasteiger charge is -2.26. The molecule has 2 aromatic heterocycles. The van der Waals surface area contributed by atoms with E-state index in [2.05, 4.69) is 25.9 Å². The second-order valence-electron chi connectivity index (χ2n) is 7.17. The molecule has 9 nitrogen and oxygen atoms in total. The maximum atomic E-state index is 12.4. The number of anilines is 1. The van der Waals surface area contributed by atoms with Crippen LogP contribution in [0.2, 0.25) is 0 Å². The zero-order chi connectivity index (χ0) is 20.4. The van der Waals surface area contributed by atoms with Gasteiger partial charge in [0.1, 0.15) is 5.82 Å². The van der Waals surface area contributed by atoms with Crippen LogP contribution >= 0.6 is 0 Å². The van der Waals surface area contributed by atoms with Crippen molar-refractivity contribution in [2.45, 2.75) is 33.2 Å². The van der Waals surface area contributed by atoms with Crippen LogP contribution < -0.4 is 10.6 Å². The fourth-order valence-corrected chi connectivity index (χ4v) is 3.82. The summed E-state index contributed by atoms with van der Waals surface area (Å²) in [5.41, 5.74) is 3.41. The predicted octanol–water partition coefficient (Wildman–Crippen LogP) is 1.21. The van der Waals surface area contributed by atoms with Gasteiger partial charge in [-0.1, -0.05) is 0 Å². The van der Waals surface area contributed by atoms with E-state index in [1.54, 1.807) is 12.1 Å². The van der Waals surface area contributed by atoms with Crippen molar-refractivity contribution in [1.82, 2.24) is 30.2 Å². The van der Waals surface area contributed by atoms with Crippen molar-refractivity contribution in [2.24, 2.45) is 13.0 Å². The van der Waals surface area contributed by atoms with Crippen LogP contribution in [0.3, 0.4) is 0 Å². The molecule has 0 aliphatic carbocycles. The first kappa shape index (κ1) is 19.8. The van der Waals surface area contributed by atoms with Gasteiger partial charge in [0, 0.05) is 50.8 Å². The summed E-state index contributed by atoms with van der Waals surface area (Å²) < 4.78 is 1.86. The van der Waals surface area contributed by atoms with E-state index < -0.39 is 0 Å². The maximum absolute atomic E-state index is 12.4.